The van der Waals surface area contributed by atoms with Gasteiger partial charge in [0.05, 0.1) is 78.2 Å². The Morgan fingerprint density at radius 3 is 0.990 bits per heavy atom. The molecular weight excluding hydrogens is 1190 g/mol. The van der Waals surface area contributed by atoms with Crippen molar-refractivity contribution >= 4 is 109 Å². The molecule has 9 aromatic carbocycles. The summed E-state index contributed by atoms with van der Waals surface area (Å²) in [5, 5.41) is 13.8. The number of aromatic nitrogens is 9. The Labute approximate surface area is 558 Å². The lowest BCUT2D eigenvalue weighted by atomic mass is 9.95. The average Bonchev–Trinajstić information content (AvgIpc) is 1.47. The molecule has 15 rings (SSSR count). The summed E-state index contributed by atoms with van der Waals surface area (Å²) in [5.41, 5.74) is 7.29. The van der Waals surface area contributed by atoms with Gasteiger partial charge in [0.1, 0.15) is 57.1 Å². The summed E-state index contributed by atoms with van der Waals surface area (Å²) in [6.45, 7) is 20.1. The second kappa shape index (κ2) is 26.6. The van der Waals surface area contributed by atoms with Gasteiger partial charge in [0, 0.05) is 49.3 Å². The van der Waals surface area contributed by atoms with Crippen LogP contribution in [0.25, 0.3) is 154 Å². The van der Waals surface area contributed by atoms with Gasteiger partial charge in [-0.3, -0.25) is 4.98 Å². The molecule has 0 radical (unpaired) electrons. The van der Waals surface area contributed by atoms with Crippen LogP contribution in [-0.4, -0.2) is 84.5 Å². The zero-order valence-corrected chi connectivity index (χ0v) is 56.3. The zero-order chi connectivity index (χ0) is 65.6. The highest BCUT2D eigenvalue weighted by atomic mass is 16.5. The summed E-state index contributed by atoms with van der Waals surface area (Å²) in [6.07, 6.45) is 12.4. The van der Waals surface area contributed by atoms with E-state index in [0.29, 0.717) is 142 Å². The molecule has 0 aliphatic carbocycles. The van der Waals surface area contributed by atoms with E-state index in [1.165, 1.54) is 0 Å². The largest absolute Gasteiger partial charge is 0.492 e. The minimum atomic E-state index is 0.371. The van der Waals surface area contributed by atoms with Gasteiger partial charge in [-0.1, -0.05) is 153 Å². The molecular formula is C81H81N9O6. The summed E-state index contributed by atoms with van der Waals surface area (Å²) < 4.78 is 43.1. The van der Waals surface area contributed by atoms with Gasteiger partial charge in [-0.25, -0.2) is 29.9 Å². The summed E-state index contributed by atoms with van der Waals surface area (Å²) in [7, 11) is 0. The summed E-state index contributed by atoms with van der Waals surface area (Å²) >= 11 is 0. The van der Waals surface area contributed by atoms with Crippen molar-refractivity contribution in [3.05, 3.63) is 127 Å². The molecule has 6 heterocycles. The van der Waals surface area contributed by atoms with Crippen molar-refractivity contribution < 1.29 is 28.4 Å². The molecule has 0 amide bonds. The molecule has 96 heavy (non-hydrogen) atoms. The molecule has 0 unspecified atom stereocenters. The Kier molecular flexibility index (Phi) is 17.2. The maximum Gasteiger partial charge on any atom is 0.168 e. The SMILES string of the molecule is CCCCOc1c2c(c(OCCCC)c3ccccc13)-c1nc-2nc2[nH]c(nc3nc(nc4[nH]c(n1)c1c(C)c5ncccc5c(OCCCC)c41)-c1c-3c(OCCCC)c3cc4ccccc4cc3c1OCCCC)c1c(OCCCC)c3cc4ccccc4cc3c(C)c21. The van der Waals surface area contributed by atoms with Crippen molar-refractivity contribution in [2.75, 3.05) is 39.6 Å². The van der Waals surface area contributed by atoms with Crippen molar-refractivity contribution in [2.24, 2.45) is 0 Å². The average molecular weight is 1280 g/mol. The van der Waals surface area contributed by atoms with Crippen molar-refractivity contribution in [1.29, 1.82) is 0 Å². The van der Waals surface area contributed by atoms with E-state index < -0.39 is 0 Å². The first-order valence-electron chi connectivity index (χ1n) is 34.9. The lowest BCUT2D eigenvalue weighted by Gasteiger charge is -2.19. The number of nitrogens with one attached hydrogen (secondary N) is 2. The monoisotopic (exact) mass is 1280 g/mol. The number of ether oxygens (including phenoxy) is 6. The fraction of sp³-hybridized carbons (Fsp3) is 0.321. The molecule has 0 saturated carbocycles. The number of benzene rings is 9. The van der Waals surface area contributed by atoms with Gasteiger partial charge in [-0.2, -0.15) is 0 Å². The summed E-state index contributed by atoms with van der Waals surface area (Å²) in [5.74, 6) is 5.43. The topological polar surface area (TPSA) is 177 Å². The number of hydrogen-bond acceptors (Lipinski definition) is 13. The van der Waals surface area contributed by atoms with Crippen LogP contribution in [0.5, 0.6) is 34.5 Å². The first kappa shape index (κ1) is 62.0. The summed E-state index contributed by atoms with van der Waals surface area (Å²) in [6, 6.07) is 38.3. The summed E-state index contributed by atoms with van der Waals surface area (Å²) in [4.78, 5) is 47.7. The van der Waals surface area contributed by atoms with E-state index in [-0.39, 0.29) is 0 Å². The lowest BCUT2D eigenvalue weighted by molar-refractivity contribution is 0.308. The van der Waals surface area contributed by atoms with Crippen LogP contribution in [-0.2, 0) is 0 Å². The van der Waals surface area contributed by atoms with Gasteiger partial charge in [-0.15, -0.1) is 0 Å². The van der Waals surface area contributed by atoms with E-state index in [4.69, 9.17) is 63.3 Å². The number of rotatable bonds is 24. The van der Waals surface area contributed by atoms with Crippen LogP contribution >= 0.6 is 0 Å². The second-order valence-electron chi connectivity index (χ2n) is 25.5. The maximum atomic E-state index is 7.26. The van der Waals surface area contributed by atoms with Crippen LogP contribution in [0, 0.1) is 13.8 Å². The Hall–Kier alpha value is -10.2. The lowest BCUT2D eigenvalue weighted by Crippen LogP contribution is -2.04. The quantitative estimate of drug-likeness (QED) is 0.0432. The van der Waals surface area contributed by atoms with Gasteiger partial charge in [-0.05, 0) is 127 Å². The predicted molar refractivity (Wildman–Crippen MR) is 391 cm³/mol. The van der Waals surface area contributed by atoms with E-state index in [1.807, 2.05) is 12.3 Å². The van der Waals surface area contributed by atoms with Crippen molar-refractivity contribution in [3.8, 4) is 80.0 Å². The number of aromatic amines is 2. The highest BCUT2D eigenvalue weighted by Crippen LogP contribution is 2.56. The van der Waals surface area contributed by atoms with Crippen LogP contribution in [0.4, 0.5) is 0 Å². The van der Waals surface area contributed by atoms with Gasteiger partial charge in [0.15, 0.2) is 23.3 Å². The second-order valence-corrected chi connectivity index (χ2v) is 25.5. The van der Waals surface area contributed by atoms with Crippen molar-refractivity contribution in [2.45, 2.75) is 132 Å². The number of hydrogen-bond donors (Lipinski definition) is 2. The minimum Gasteiger partial charge on any atom is -0.492 e. The molecule has 0 atom stereocenters. The minimum absolute atomic E-state index is 0.371. The van der Waals surface area contributed by atoms with E-state index in [1.54, 1.807) is 0 Å². The fourth-order valence-electron chi connectivity index (χ4n) is 13.9. The molecule has 486 valence electrons. The Bertz CT molecular complexity index is 5410. The van der Waals surface area contributed by atoms with Crippen molar-refractivity contribution in [3.63, 3.8) is 0 Å². The highest BCUT2D eigenvalue weighted by Gasteiger charge is 2.36. The molecule has 13 aromatic rings. The van der Waals surface area contributed by atoms with Crippen LogP contribution in [0.3, 0.4) is 0 Å². The van der Waals surface area contributed by atoms with Crippen molar-refractivity contribution in [1.82, 2.24) is 44.9 Å². The van der Waals surface area contributed by atoms with E-state index in [9.17, 15) is 0 Å². The number of fused-ring (bicyclic) bond motifs is 26. The Morgan fingerprint density at radius 1 is 0.302 bits per heavy atom. The zero-order valence-electron chi connectivity index (χ0n) is 56.3. The maximum absolute atomic E-state index is 7.26. The van der Waals surface area contributed by atoms with E-state index in [0.717, 1.165) is 174 Å². The van der Waals surface area contributed by atoms with Gasteiger partial charge >= 0.3 is 0 Å². The third-order valence-corrected chi connectivity index (χ3v) is 18.9. The number of pyridine rings is 1. The van der Waals surface area contributed by atoms with Crippen LogP contribution in [0.15, 0.2) is 115 Å². The Balaban J connectivity index is 1.20. The van der Waals surface area contributed by atoms with Crippen LogP contribution in [0.1, 0.15) is 130 Å². The van der Waals surface area contributed by atoms with Gasteiger partial charge in [0.25, 0.3) is 0 Å². The van der Waals surface area contributed by atoms with Crippen LogP contribution in [0.2, 0.25) is 0 Å². The first-order chi connectivity index (χ1) is 47.2. The van der Waals surface area contributed by atoms with Gasteiger partial charge < -0.3 is 38.4 Å². The molecule has 0 spiro atoms. The number of nitrogens with zero attached hydrogens (tertiary/aromatic N) is 7. The first-order valence-corrected chi connectivity index (χ1v) is 34.9. The molecule has 2 N–H and O–H groups in total. The molecule has 2 aliphatic heterocycles. The molecule has 15 heteroatoms. The van der Waals surface area contributed by atoms with E-state index in [2.05, 4.69) is 168 Å². The molecule has 8 bridgehead atoms. The number of H-pyrrole nitrogens is 2. The smallest absolute Gasteiger partial charge is 0.168 e. The standard InChI is InChI=1S/C81H81N9O6/c1-9-15-36-91-68-52-32-25-26-33-53(52)69(92-37-16-10-2)64-63(68)78-84-74-59-46(7)55-42-48-28-21-22-29-49(48)43-56(55)71(94-39-18-12-4)61(59)76(83-74)87-80-65-66(73(96-41-20-14-6)58-45-51-31-24-23-30-50(51)44-57(58)72(65)95-40-19-13-5)81(90-80)88-77-62-60(75(85-77)86-79(64)89-78)47(8)67-54(34-27-35-82-67)70(62)93-38-17-11-3/h21-35,42-45H,9-20,36-41H2,1-8H3,(H2,83,84,85,86,87,88,89,90). The molecule has 4 aromatic heterocycles. The third kappa shape index (κ3) is 10.7. The fourth-order valence-corrected chi connectivity index (χ4v) is 13.9. The molecule has 0 fully saturated rings. The van der Waals surface area contributed by atoms with Crippen LogP contribution < -0.4 is 28.4 Å². The van der Waals surface area contributed by atoms with Gasteiger partial charge in [0.2, 0.25) is 0 Å². The Morgan fingerprint density at radius 2 is 0.604 bits per heavy atom. The third-order valence-electron chi connectivity index (χ3n) is 18.9. The number of unbranched alkanes of at least 4 members (excludes halogenated alkanes) is 6. The predicted octanol–water partition coefficient (Wildman–Crippen LogP) is 20.9. The molecule has 15 nitrogen and oxygen atoms in total. The normalized spacial score (nSPS) is 12.1. The van der Waals surface area contributed by atoms with E-state index >= 15 is 0 Å². The number of aryl methyl sites for hydroxylation is 2. The molecule has 0 saturated heterocycles. The highest BCUT2D eigenvalue weighted by molar-refractivity contribution is 6.22. The molecule has 2 aliphatic rings.